The molecule has 0 aromatic carbocycles. The molecule has 1 aliphatic rings. The Hall–Kier alpha value is -0.940. The molecule has 1 N–H and O–H groups in total. The second-order valence-electron chi connectivity index (χ2n) is 5.09. The maximum atomic E-state index is 5.48. The Labute approximate surface area is 103 Å². The highest BCUT2D eigenvalue weighted by atomic mass is 16.5. The van der Waals surface area contributed by atoms with E-state index in [0.717, 1.165) is 38.4 Å². The molecule has 1 atom stereocenters. The van der Waals surface area contributed by atoms with Gasteiger partial charge in [-0.25, -0.2) is 4.68 Å². The van der Waals surface area contributed by atoms with Gasteiger partial charge in [0, 0.05) is 25.6 Å². The monoisotopic (exact) mass is 238 g/mol. The average molecular weight is 238 g/mol. The summed E-state index contributed by atoms with van der Waals surface area (Å²) in [6, 6.07) is 0. The fourth-order valence-corrected chi connectivity index (χ4v) is 2.33. The summed E-state index contributed by atoms with van der Waals surface area (Å²) >= 11 is 0. The smallest absolute Gasteiger partial charge is 0.100 e. The van der Waals surface area contributed by atoms with Crippen molar-refractivity contribution in [3.8, 4) is 0 Å². The fourth-order valence-electron chi connectivity index (χ4n) is 2.33. The zero-order valence-corrected chi connectivity index (χ0v) is 10.9. The van der Waals surface area contributed by atoms with Crippen molar-refractivity contribution in [2.75, 3.05) is 20.3 Å². The third kappa shape index (κ3) is 2.84. The highest BCUT2D eigenvalue weighted by Gasteiger charge is 2.26. The largest absolute Gasteiger partial charge is 0.381 e. The first-order valence-corrected chi connectivity index (χ1v) is 6.37. The summed E-state index contributed by atoms with van der Waals surface area (Å²) in [6.45, 7) is 7.79. The van der Waals surface area contributed by atoms with Gasteiger partial charge >= 0.3 is 0 Å². The van der Waals surface area contributed by atoms with Crippen LogP contribution in [0.15, 0.2) is 0 Å². The van der Waals surface area contributed by atoms with Gasteiger partial charge in [0.25, 0.3) is 0 Å². The lowest BCUT2D eigenvalue weighted by atomic mass is 10.0. The average Bonchev–Trinajstić information content (AvgIpc) is 2.87. The number of hydrogen-bond donors (Lipinski definition) is 1. The van der Waals surface area contributed by atoms with Crippen LogP contribution in [-0.4, -0.2) is 35.3 Å². The Morgan fingerprint density at radius 1 is 1.53 bits per heavy atom. The summed E-state index contributed by atoms with van der Waals surface area (Å²) in [4.78, 5) is 0. The van der Waals surface area contributed by atoms with Crippen molar-refractivity contribution in [1.82, 2.24) is 20.3 Å². The van der Waals surface area contributed by atoms with Crippen molar-refractivity contribution < 1.29 is 4.74 Å². The zero-order chi connectivity index (χ0) is 12.3. The zero-order valence-electron chi connectivity index (χ0n) is 10.9. The Kier molecular flexibility index (Phi) is 4.12. The molecule has 5 heteroatoms. The molecule has 0 radical (unpaired) electrons. The van der Waals surface area contributed by atoms with Gasteiger partial charge in [0.15, 0.2) is 0 Å². The van der Waals surface area contributed by atoms with Crippen LogP contribution in [0.3, 0.4) is 0 Å². The summed E-state index contributed by atoms with van der Waals surface area (Å²) in [5.41, 5.74) is 2.34. The van der Waals surface area contributed by atoms with Crippen LogP contribution in [0.1, 0.15) is 37.6 Å². The first kappa shape index (κ1) is 12.5. The van der Waals surface area contributed by atoms with E-state index >= 15 is 0 Å². The number of nitrogens with zero attached hydrogens (tertiary/aromatic N) is 3. The third-order valence-corrected chi connectivity index (χ3v) is 3.05. The standard InChI is InChI=1S/C12H22N4O/c1-9(2)7-16-12(10-4-5-17-8-10)11(6-13-3)14-15-16/h9-10,13H,4-8H2,1-3H3. The SMILES string of the molecule is CNCc1nnn(CC(C)C)c1C1CCOC1. The first-order valence-electron chi connectivity index (χ1n) is 6.37. The lowest BCUT2D eigenvalue weighted by Crippen LogP contribution is -2.16. The van der Waals surface area contributed by atoms with Gasteiger partial charge in [0.1, 0.15) is 5.69 Å². The number of hydrogen-bond acceptors (Lipinski definition) is 4. The van der Waals surface area contributed by atoms with Crippen LogP contribution in [0, 0.1) is 5.92 Å². The van der Waals surface area contributed by atoms with Crippen LogP contribution in [0.2, 0.25) is 0 Å². The van der Waals surface area contributed by atoms with E-state index in [1.54, 1.807) is 0 Å². The van der Waals surface area contributed by atoms with E-state index in [1.807, 2.05) is 7.05 Å². The molecule has 0 amide bonds. The topological polar surface area (TPSA) is 52.0 Å². The third-order valence-electron chi connectivity index (χ3n) is 3.05. The molecule has 2 heterocycles. The van der Waals surface area contributed by atoms with Gasteiger partial charge in [-0.05, 0) is 19.4 Å². The molecule has 1 aromatic heterocycles. The minimum absolute atomic E-state index is 0.465. The van der Waals surface area contributed by atoms with Crippen molar-refractivity contribution in [3.63, 3.8) is 0 Å². The molecule has 17 heavy (non-hydrogen) atoms. The van der Waals surface area contributed by atoms with Crippen LogP contribution in [-0.2, 0) is 17.8 Å². The highest BCUT2D eigenvalue weighted by Crippen LogP contribution is 2.27. The molecule has 0 aliphatic carbocycles. The number of ether oxygens (including phenoxy) is 1. The lowest BCUT2D eigenvalue weighted by molar-refractivity contribution is 0.192. The number of rotatable bonds is 5. The predicted octanol–water partition coefficient (Wildman–Crippen LogP) is 1.16. The van der Waals surface area contributed by atoms with Crippen molar-refractivity contribution >= 4 is 0 Å². The van der Waals surface area contributed by atoms with E-state index in [0.29, 0.717) is 11.8 Å². The minimum Gasteiger partial charge on any atom is -0.381 e. The van der Waals surface area contributed by atoms with Crippen molar-refractivity contribution in [2.45, 2.75) is 39.3 Å². The molecule has 1 fully saturated rings. The van der Waals surface area contributed by atoms with Crippen LogP contribution in [0.5, 0.6) is 0 Å². The Balaban J connectivity index is 2.25. The minimum atomic E-state index is 0.465. The summed E-state index contributed by atoms with van der Waals surface area (Å²) < 4.78 is 7.55. The molecule has 1 unspecified atom stereocenters. The van der Waals surface area contributed by atoms with Gasteiger partial charge in [-0.15, -0.1) is 5.10 Å². The van der Waals surface area contributed by atoms with Gasteiger partial charge < -0.3 is 10.1 Å². The molecule has 96 valence electrons. The summed E-state index contributed by atoms with van der Waals surface area (Å²) in [7, 11) is 1.94. The molecule has 2 rings (SSSR count). The Bertz CT molecular complexity index is 355. The molecular formula is C12H22N4O. The van der Waals surface area contributed by atoms with Crippen LogP contribution in [0.25, 0.3) is 0 Å². The summed E-state index contributed by atoms with van der Waals surface area (Å²) in [5.74, 6) is 1.05. The molecular weight excluding hydrogens is 216 g/mol. The van der Waals surface area contributed by atoms with Crippen LogP contribution < -0.4 is 5.32 Å². The first-order chi connectivity index (χ1) is 8.22. The van der Waals surface area contributed by atoms with Crippen molar-refractivity contribution in [3.05, 3.63) is 11.4 Å². The van der Waals surface area contributed by atoms with E-state index in [4.69, 9.17) is 4.74 Å². The maximum absolute atomic E-state index is 5.48. The Morgan fingerprint density at radius 3 is 2.94 bits per heavy atom. The maximum Gasteiger partial charge on any atom is 0.100 e. The molecule has 5 nitrogen and oxygen atoms in total. The number of aromatic nitrogens is 3. The molecule has 0 saturated carbocycles. The van der Waals surface area contributed by atoms with Crippen LogP contribution in [0.4, 0.5) is 0 Å². The normalized spacial score (nSPS) is 20.4. The van der Waals surface area contributed by atoms with Gasteiger partial charge in [-0.1, -0.05) is 19.1 Å². The quantitative estimate of drug-likeness (QED) is 0.836. The fraction of sp³-hybridized carbons (Fsp3) is 0.833. The van der Waals surface area contributed by atoms with Crippen molar-refractivity contribution in [2.24, 2.45) is 5.92 Å². The van der Waals surface area contributed by atoms with E-state index in [1.165, 1.54) is 5.69 Å². The molecule has 0 bridgehead atoms. The van der Waals surface area contributed by atoms with Crippen molar-refractivity contribution in [1.29, 1.82) is 0 Å². The molecule has 1 saturated heterocycles. The van der Waals surface area contributed by atoms with Gasteiger partial charge in [0.2, 0.25) is 0 Å². The second-order valence-corrected chi connectivity index (χ2v) is 5.09. The second kappa shape index (κ2) is 5.60. The van der Waals surface area contributed by atoms with E-state index in [9.17, 15) is 0 Å². The van der Waals surface area contributed by atoms with Gasteiger partial charge in [-0.3, -0.25) is 0 Å². The lowest BCUT2D eigenvalue weighted by Gasteiger charge is -2.14. The van der Waals surface area contributed by atoms with E-state index < -0.39 is 0 Å². The van der Waals surface area contributed by atoms with Gasteiger partial charge in [-0.2, -0.15) is 0 Å². The highest BCUT2D eigenvalue weighted by molar-refractivity contribution is 5.17. The van der Waals surface area contributed by atoms with Crippen LogP contribution >= 0.6 is 0 Å². The van der Waals surface area contributed by atoms with E-state index in [2.05, 4.69) is 34.2 Å². The predicted molar refractivity (Wildman–Crippen MR) is 65.8 cm³/mol. The molecule has 1 aliphatic heterocycles. The Morgan fingerprint density at radius 2 is 2.35 bits per heavy atom. The van der Waals surface area contributed by atoms with E-state index in [-0.39, 0.29) is 0 Å². The molecule has 1 aromatic rings. The molecule has 0 spiro atoms. The summed E-state index contributed by atoms with van der Waals surface area (Å²) in [6.07, 6.45) is 1.09. The van der Waals surface area contributed by atoms with Gasteiger partial charge in [0.05, 0.1) is 12.3 Å². The summed E-state index contributed by atoms with van der Waals surface area (Å²) in [5, 5.41) is 11.7. The number of nitrogens with one attached hydrogen (secondary N) is 1.